The summed E-state index contributed by atoms with van der Waals surface area (Å²) in [6.07, 6.45) is 8.13. The molecular weight excluding hydrogens is 310 g/mol. The quantitative estimate of drug-likeness (QED) is 0.794. The molecular formula is C22H23NO2. The Morgan fingerprint density at radius 1 is 1.24 bits per heavy atom. The highest BCUT2D eigenvalue weighted by Gasteiger charge is 2.56. The molecule has 1 saturated heterocycles. The van der Waals surface area contributed by atoms with Gasteiger partial charge in [0.1, 0.15) is 12.0 Å². The van der Waals surface area contributed by atoms with Crippen molar-refractivity contribution >= 4 is 5.69 Å². The van der Waals surface area contributed by atoms with Gasteiger partial charge in [0.05, 0.1) is 18.4 Å². The second kappa shape index (κ2) is 6.13. The minimum atomic E-state index is -0.215. The highest BCUT2D eigenvalue weighted by molar-refractivity contribution is 5.66. The minimum Gasteiger partial charge on any atom is -0.497 e. The number of rotatable bonds is 3. The van der Waals surface area contributed by atoms with Crippen LogP contribution < -0.4 is 9.64 Å². The molecule has 0 spiro atoms. The molecule has 3 heteroatoms. The predicted molar refractivity (Wildman–Crippen MR) is 100 cm³/mol. The summed E-state index contributed by atoms with van der Waals surface area (Å²) in [6.45, 7) is 0.782. The number of benzene rings is 2. The van der Waals surface area contributed by atoms with Crippen molar-refractivity contribution in [2.24, 2.45) is 0 Å². The van der Waals surface area contributed by atoms with Gasteiger partial charge in [0.25, 0.3) is 0 Å². The third-order valence-electron chi connectivity index (χ3n) is 5.72. The van der Waals surface area contributed by atoms with Crippen LogP contribution in [0.1, 0.15) is 29.9 Å². The molecule has 0 saturated carbocycles. The largest absolute Gasteiger partial charge is 0.497 e. The van der Waals surface area contributed by atoms with E-state index in [9.17, 15) is 0 Å². The molecule has 128 valence electrons. The first-order chi connectivity index (χ1) is 12.2. The van der Waals surface area contributed by atoms with Crippen LogP contribution >= 0.6 is 0 Å². The van der Waals surface area contributed by atoms with Crippen molar-refractivity contribution in [3.05, 3.63) is 59.7 Å². The van der Waals surface area contributed by atoms with Crippen LogP contribution in [0.4, 0.5) is 5.69 Å². The van der Waals surface area contributed by atoms with Crippen LogP contribution in [-0.2, 0) is 10.2 Å². The molecule has 2 aliphatic heterocycles. The SMILES string of the molecule is C#CC(c1ccc(OC)cc1)[C@@]12CCCO[C@@H]1N(C)c1ccccc12. The third-order valence-corrected chi connectivity index (χ3v) is 5.72. The fourth-order valence-electron chi connectivity index (χ4n) is 4.64. The van der Waals surface area contributed by atoms with E-state index in [2.05, 4.69) is 54.3 Å². The highest BCUT2D eigenvalue weighted by Crippen LogP contribution is 2.56. The fourth-order valence-corrected chi connectivity index (χ4v) is 4.64. The zero-order chi connectivity index (χ0) is 17.4. The summed E-state index contributed by atoms with van der Waals surface area (Å²) in [7, 11) is 3.79. The fraction of sp³-hybridized carbons (Fsp3) is 0.364. The molecule has 25 heavy (non-hydrogen) atoms. The first-order valence-corrected chi connectivity index (χ1v) is 8.76. The van der Waals surface area contributed by atoms with E-state index in [1.807, 2.05) is 12.1 Å². The second-order valence-electron chi connectivity index (χ2n) is 6.87. The van der Waals surface area contributed by atoms with E-state index in [0.29, 0.717) is 0 Å². The molecule has 1 unspecified atom stereocenters. The lowest BCUT2D eigenvalue weighted by Gasteiger charge is -2.45. The Kier molecular flexibility index (Phi) is 3.94. The molecule has 2 heterocycles. The summed E-state index contributed by atoms with van der Waals surface area (Å²) in [4.78, 5) is 2.25. The summed E-state index contributed by atoms with van der Waals surface area (Å²) in [5.74, 6) is 3.90. The Morgan fingerprint density at radius 2 is 2.00 bits per heavy atom. The van der Waals surface area contributed by atoms with E-state index in [-0.39, 0.29) is 17.6 Å². The average molecular weight is 333 g/mol. The maximum absolute atomic E-state index is 6.25. The van der Waals surface area contributed by atoms with Crippen LogP contribution in [-0.4, -0.2) is 27.0 Å². The van der Waals surface area contributed by atoms with Gasteiger partial charge in [-0.2, -0.15) is 0 Å². The lowest BCUT2D eigenvalue weighted by molar-refractivity contribution is -0.0397. The number of anilines is 1. The van der Waals surface area contributed by atoms with Gasteiger partial charge in [0, 0.05) is 19.3 Å². The smallest absolute Gasteiger partial charge is 0.141 e. The lowest BCUT2D eigenvalue weighted by atomic mass is 9.64. The van der Waals surface area contributed by atoms with Crippen molar-refractivity contribution in [3.63, 3.8) is 0 Å². The van der Waals surface area contributed by atoms with Gasteiger partial charge in [-0.05, 0) is 42.2 Å². The highest BCUT2D eigenvalue weighted by atomic mass is 16.5. The molecule has 0 N–H and O–H groups in total. The summed E-state index contributed by atoms with van der Waals surface area (Å²) in [6, 6.07) is 16.7. The predicted octanol–water partition coefficient (Wildman–Crippen LogP) is 3.94. The molecule has 4 rings (SSSR count). The molecule has 0 radical (unpaired) electrons. The number of para-hydroxylation sites is 1. The van der Waals surface area contributed by atoms with Crippen molar-refractivity contribution in [1.82, 2.24) is 0 Å². The summed E-state index contributed by atoms with van der Waals surface area (Å²) in [5, 5.41) is 0. The van der Waals surface area contributed by atoms with E-state index >= 15 is 0 Å². The summed E-state index contributed by atoms with van der Waals surface area (Å²) < 4.78 is 11.6. The second-order valence-corrected chi connectivity index (χ2v) is 6.87. The van der Waals surface area contributed by atoms with E-state index < -0.39 is 0 Å². The number of fused-ring (bicyclic) bond motifs is 3. The standard InChI is InChI=1S/C22H23NO2/c1-4-18(16-10-12-17(24-3)13-11-16)22-14-7-15-25-21(22)23(2)20-9-6-5-8-19(20)22/h1,5-6,8-13,18,21H,7,14-15H2,2-3H3/t18?,21-,22+/m0/s1. The van der Waals surface area contributed by atoms with Crippen molar-refractivity contribution in [1.29, 1.82) is 0 Å². The lowest BCUT2D eigenvalue weighted by Crippen LogP contribution is -2.51. The van der Waals surface area contributed by atoms with Crippen molar-refractivity contribution in [2.75, 3.05) is 25.7 Å². The van der Waals surface area contributed by atoms with Crippen LogP contribution in [0.3, 0.4) is 0 Å². The molecule has 0 aliphatic carbocycles. The van der Waals surface area contributed by atoms with E-state index in [1.54, 1.807) is 7.11 Å². The Morgan fingerprint density at radius 3 is 2.72 bits per heavy atom. The normalized spacial score (nSPS) is 25.6. The molecule has 0 bridgehead atoms. The van der Waals surface area contributed by atoms with Gasteiger partial charge in [-0.1, -0.05) is 36.3 Å². The zero-order valence-corrected chi connectivity index (χ0v) is 14.7. The first kappa shape index (κ1) is 16.1. The van der Waals surface area contributed by atoms with Gasteiger partial charge in [0.15, 0.2) is 0 Å². The number of ether oxygens (including phenoxy) is 2. The first-order valence-electron chi connectivity index (χ1n) is 8.76. The average Bonchev–Trinajstić information content (AvgIpc) is 2.93. The number of nitrogens with zero attached hydrogens (tertiary/aromatic N) is 1. The van der Waals surface area contributed by atoms with E-state index in [0.717, 1.165) is 30.8 Å². The molecule has 0 aromatic heterocycles. The van der Waals surface area contributed by atoms with Gasteiger partial charge in [-0.25, -0.2) is 0 Å². The summed E-state index contributed by atoms with van der Waals surface area (Å²) in [5.41, 5.74) is 3.46. The topological polar surface area (TPSA) is 21.7 Å². The van der Waals surface area contributed by atoms with Crippen LogP contribution in [0.2, 0.25) is 0 Å². The Labute approximate surface area is 149 Å². The van der Waals surface area contributed by atoms with E-state index in [4.69, 9.17) is 15.9 Å². The van der Waals surface area contributed by atoms with E-state index in [1.165, 1.54) is 11.3 Å². The van der Waals surface area contributed by atoms with Crippen molar-refractivity contribution in [3.8, 4) is 18.1 Å². The molecule has 0 amide bonds. The van der Waals surface area contributed by atoms with Gasteiger partial charge in [0.2, 0.25) is 0 Å². The van der Waals surface area contributed by atoms with Crippen molar-refractivity contribution < 1.29 is 9.47 Å². The molecule has 3 nitrogen and oxygen atoms in total. The Bertz CT molecular complexity index is 808. The van der Waals surface area contributed by atoms with Gasteiger partial charge >= 0.3 is 0 Å². The number of hydrogen-bond acceptors (Lipinski definition) is 3. The molecule has 2 aliphatic rings. The van der Waals surface area contributed by atoms with Crippen LogP contribution in [0.15, 0.2) is 48.5 Å². The number of terminal acetylenes is 1. The minimum absolute atomic E-state index is 0.0261. The number of hydrogen-bond donors (Lipinski definition) is 0. The number of methoxy groups -OCH3 is 1. The van der Waals surface area contributed by atoms with Gasteiger partial charge in [-0.3, -0.25) is 0 Å². The van der Waals surface area contributed by atoms with Crippen molar-refractivity contribution in [2.45, 2.75) is 30.4 Å². The van der Waals surface area contributed by atoms with Crippen LogP contribution in [0.5, 0.6) is 5.75 Å². The maximum Gasteiger partial charge on any atom is 0.141 e. The molecule has 2 aromatic carbocycles. The molecule has 2 aromatic rings. The zero-order valence-electron chi connectivity index (χ0n) is 14.7. The third kappa shape index (κ3) is 2.25. The van der Waals surface area contributed by atoms with Crippen LogP contribution in [0.25, 0.3) is 0 Å². The number of likely N-dealkylation sites (N-methyl/N-ethyl adjacent to an activating group) is 1. The Hall–Kier alpha value is -2.44. The molecule has 1 fully saturated rings. The monoisotopic (exact) mass is 333 g/mol. The Balaban J connectivity index is 1.87. The van der Waals surface area contributed by atoms with Gasteiger partial charge in [-0.15, -0.1) is 6.42 Å². The van der Waals surface area contributed by atoms with Crippen LogP contribution in [0, 0.1) is 12.3 Å². The van der Waals surface area contributed by atoms with Gasteiger partial charge < -0.3 is 14.4 Å². The maximum atomic E-state index is 6.25. The summed E-state index contributed by atoms with van der Waals surface area (Å²) >= 11 is 0. The molecule has 3 atom stereocenters.